The molecule has 6 heteroatoms. The summed E-state index contributed by atoms with van der Waals surface area (Å²) in [5.41, 5.74) is 2.47. The van der Waals surface area contributed by atoms with Crippen molar-refractivity contribution in [3.63, 3.8) is 0 Å². The maximum Gasteiger partial charge on any atom is 0.223 e. The lowest BCUT2D eigenvalue weighted by Gasteiger charge is -2.39. The molecule has 3 fully saturated rings. The third-order valence-electron chi connectivity index (χ3n) is 7.40. The molecule has 1 aromatic heterocycles. The molecule has 3 aliphatic rings. The fourth-order valence-electron chi connectivity index (χ4n) is 5.42. The number of piperidine rings is 1. The van der Waals surface area contributed by atoms with Crippen LogP contribution < -0.4 is 5.32 Å². The third kappa shape index (κ3) is 4.92. The van der Waals surface area contributed by atoms with Crippen LogP contribution in [-0.2, 0) is 20.8 Å². The lowest BCUT2D eigenvalue weighted by molar-refractivity contribution is -0.129. The van der Waals surface area contributed by atoms with Gasteiger partial charge in [0.2, 0.25) is 5.91 Å². The first-order valence-corrected chi connectivity index (χ1v) is 12.1. The van der Waals surface area contributed by atoms with E-state index in [1.807, 2.05) is 12.1 Å². The number of nitrogens with one attached hydrogen (secondary N) is 1. The second-order valence-electron chi connectivity index (χ2n) is 9.50. The zero-order valence-corrected chi connectivity index (χ0v) is 18.8. The molecule has 0 aliphatic carbocycles. The van der Waals surface area contributed by atoms with Gasteiger partial charge in [-0.3, -0.25) is 9.69 Å². The summed E-state index contributed by atoms with van der Waals surface area (Å²) in [6, 6.07) is 12.5. The van der Waals surface area contributed by atoms with Gasteiger partial charge in [-0.25, -0.2) is 0 Å². The van der Waals surface area contributed by atoms with E-state index in [4.69, 9.17) is 13.9 Å². The van der Waals surface area contributed by atoms with Crippen LogP contribution in [0.5, 0.6) is 0 Å². The van der Waals surface area contributed by atoms with E-state index in [-0.39, 0.29) is 23.5 Å². The summed E-state index contributed by atoms with van der Waals surface area (Å²) in [4.78, 5) is 14.9. The van der Waals surface area contributed by atoms with Crippen LogP contribution >= 0.6 is 0 Å². The zero-order valence-electron chi connectivity index (χ0n) is 18.8. The number of hydrogen-bond donors (Lipinski definition) is 1. The van der Waals surface area contributed by atoms with E-state index in [9.17, 15) is 4.79 Å². The minimum Gasteiger partial charge on any atom is -0.464 e. The number of ether oxygens (including phenoxy) is 2. The van der Waals surface area contributed by atoms with E-state index in [2.05, 4.69) is 34.5 Å². The summed E-state index contributed by atoms with van der Waals surface area (Å²) in [7, 11) is 0. The van der Waals surface area contributed by atoms with Crippen LogP contribution in [0.1, 0.15) is 44.1 Å². The summed E-state index contributed by atoms with van der Waals surface area (Å²) >= 11 is 0. The molecule has 0 saturated carbocycles. The Morgan fingerprint density at radius 1 is 1.03 bits per heavy atom. The minimum atomic E-state index is -0.00883. The number of likely N-dealkylation sites (tertiary alicyclic amines) is 1. The first-order valence-electron chi connectivity index (χ1n) is 12.1. The molecule has 4 heterocycles. The van der Waals surface area contributed by atoms with Gasteiger partial charge < -0.3 is 19.2 Å². The second kappa shape index (κ2) is 9.77. The fraction of sp³-hybridized carbons (Fsp3) is 0.577. The van der Waals surface area contributed by atoms with Crippen LogP contribution in [0.4, 0.5) is 0 Å². The highest BCUT2D eigenvalue weighted by molar-refractivity contribution is 5.78. The monoisotopic (exact) mass is 438 g/mol. The largest absolute Gasteiger partial charge is 0.464 e. The van der Waals surface area contributed by atoms with Crippen LogP contribution in [0.15, 0.2) is 47.1 Å². The Hall–Kier alpha value is -2.15. The first-order chi connectivity index (χ1) is 15.7. The average molecular weight is 439 g/mol. The summed E-state index contributed by atoms with van der Waals surface area (Å²) in [5, 5.41) is 3.14. The van der Waals surface area contributed by atoms with E-state index < -0.39 is 0 Å². The number of nitrogens with zero attached hydrogens (tertiary/aromatic N) is 1. The Morgan fingerprint density at radius 2 is 1.84 bits per heavy atom. The molecular formula is C26H34N2O4. The fourth-order valence-corrected chi connectivity index (χ4v) is 5.42. The normalized spacial score (nSPS) is 24.1. The number of benzene rings is 1. The van der Waals surface area contributed by atoms with E-state index in [1.54, 1.807) is 6.26 Å². The maximum absolute atomic E-state index is 12.4. The molecule has 1 atom stereocenters. The molecule has 1 spiro atoms. The predicted molar refractivity (Wildman–Crippen MR) is 122 cm³/mol. The van der Waals surface area contributed by atoms with Crippen LogP contribution in [0.25, 0.3) is 11.3 Å². The number of furan rings is 1. The Balaban J connectivity index is 1.10. The number of hydrogen-bond acceptors (Lipinski definition) is 5. The molecule has 1 aromatic carbocycles. The summed E-state index contributed by atoms with van der Waals surface area (Å²) in [6.45, 7) is 5.03. The van der Waals surface area contributed by atoms with Gasteiger partial charge in [0.25, 0.3) is 0 Å². The Bertz CT molecular complexity index is 883. The highest BCUT2D eigenvalue weighted by Gasteiger charge is 2.42. The molecule has 32 heavy (non-hydrogen) atoms. The van der Waals surface area contributed by atoms with Gasteiger partial charge >= 0.3 is 0 Å². The molecule has 3 aliphatic heterocycles. The van der Waals surface area contributed by atoms with Gasteiger partial charge in [-0.05, 0) is 56.2 Å². The highest BCUT2D eigenvalue weighted by Crippen LogP contribution is 2.39. The number of carbonyl (C=O) groups is 1. The topological polar surface area (TPSA) is 63.9 Å². The molecule has 1 N–H and O–H groups in total. The van der Waals surface area contributed by atoms with E-state index >= 15 is 0 Å². The van der Waals surface area contributed by atoms with Crippen molar-refractivity contribution in [3.05, 3.63) is 48.2 Å². The van der Waals surface area contributed by atoms with Crippen molar-refractivity contribution in [1.82, 2.24) is 10.2 Å². The van der Waals surface area contributed by atoms with E-state index in [0.29, 0.717) is 19.8 Å². The van der Waals surface area contributed by atoms with Gasteiger partial charge in [0.05, 0.1) is 18.0 Å². The first kappa shape index (κ1) is 21.7. The maximum atomic E-state index is 12.4. The predicted octanol–water partition coefficient (Wildman–Crippen LogP) is 4.00. The number of amides is 1. The van der Waals surface area contributed by atoms with Crippen molar-refractivity contribution < 1.29 is 18.7 Å². The van der Waals surface area contributed by atoms with Crippen molar-refractivity contribution in [2.45, 2.75) is 56.8 Å². The van der Waals surface area contributed by atoms with Crippen LogP contribution in [0.3, 0.4) is 0 Å². The SMILES string of the molecule is O=C(NCC1CCC2(CCN(Cc3ccccc3-c3ccco3)CC2)O1)C1CCOCC1. The van der Waals surface area contributed by atoms with Crippen molar-refractivity contribution in [2.75, 3.05) is 32.8 Å². The van der Waals surface area contributed by atoms with Crippen LogP contribution in [-0.4, -0.2) is 55.4 Å². The molecule has 172 valence electrons. The molecule has 5 rings (SSSR count). The smallest absolute Gasteiger partial charge is 0.223 e. The summed E-state index contributed by atoms with van der Waals surface area (Å²) < 4.78 is 17.5. The quantitative estimate of drug-likeness (QED) is 0.739. The Morgan fingerprint density at radius 3 is 2.62 bits per heavy atom. The standard InChI is InChI=1S/C26H34N2O4/c29-25(20-8-16-30-17-9-20)27-18-22-7-10-26(32-22)11-13-28(14-12-26)19-21-4-1-2-5-23(21)24-6-3-15-31-24/h1-6,15,20,22H,7-14,16-19H2,(H,27,29). The molecule has 3 saturated heterocycles. The zero-order chi connectivity index (χ0) is 21.8. The number of carbonyl (C=O) groups excluding carboxylic acids is 1. The average Bonchev–Trinajstić information content (AvgIpc) is 3.51. The van der Waals surface area contributed by atoms with E-state index in [0.717, 1.165) is 63.9 Å². The van der Waals surface area contributed by atoms with Gasteiger partial charge in [0, 0.05) is 50.9 Å². The number of rotatable bonds is 6. The summed E-state index contributed by atoms with van der Waals surface area (Å²) in [5.74, 6) is 1.20. The van der Waals surface area contributed by atoms with Crippen molar-refractivity contribution in [1.29, 1.82) is 0 Å². The van der Waals surface area contributed by atoms with Crippen molar-refractivity contribution in [3.8, 4) is 11.3 Å². The highest BCUT2D eigenvalue weighted by atomic mass is 16.5. The second-order valence-corrected chi connectivity index (χ2v) is 9.50. The lowest BCUT2D eigenvalue weighted by Crippen LogP contribution is -2.45. The lowest BCUT2D eigenvalue weighted by atomic mass is 9.88. The van der Waals surface area contributed by atoms with Gasteiger partial charge in [-0.15, -0.1) is 0 Å². The molecule has 6 nitrogen and oxygen atoms in total. The summed E-state index contributed by atoms with van der Waals surface area (Å²) in [6.07, 6.45) is 7.79. The molecule has 2 aromatic rings. The van der Waals surface area contributed by atoms with Crippen molar-refractivity contribution >= 4 is 5.91 Å². The molecular weight excluding hydrogens is 404 g/mol. The van der Waals surface area contributed by atoms with Crippen LogP contribution in [0, 0.1) is 5.92 Å². The third-order valence-corrected chi connectivity index (χ3v) is 7.40. The van der Waals surface area contributed by atoms with Gasteiger partial charge in [0.1, 0.15) is 5.76 Å². The Labute approximate surface area is 190 Å². The molecule has 0 radical (unpaired) electrons. The van der Waals surface area contributed by atoms with Gasteiger partial charge in [0.15, 0.2) is 0 Å². The van der Waals surface area contributed by atoms with Crippen LogP contribution in [0.2, 0.25) is 0 Å². The molecule has 1 amide bonds. The van der Waals surface area contributed by atoms with Gasteiger partial charge in [-0.1, -0.05) is 24.3 Å². The molecule has 1 unspecified atom stereocenters. The van der Waals surface area contributed by atoms with E-state index in [1.165, 1.54) is 11.1 Å². The van der Waals surface area contributed by atoms with Crippen molar-refractivity contribution in [2.24, 2.45) is 5.92 Å². The molecule has 0 bridgehead atoms. The van der Waals surface area contributed by atoms with Gasteiger partial charge in [-0.2, -0.15) is 0 Å². The Kier molecular flexibility index (Phi) is 6.62. The minimum absolute atomic E-state index is 0.00883.